The number of likely N-dealkylation sites (tertiary alicyclic amines) is 1. The van der Waals surface area contributed by atoms with E-state index in [2.05, 4.69) is 17.1 Å². The molecular weight excluding hydrogens is 239 g/mol. The molecule has 3 unspecified atom stereocenters. The van der Waals surface area contributed by atoms with E-state index in [0.717, 1.165) is 30.6 Å². The Morgan fingerprint density at radius 1 is 1.37 bits per heavy atom. The number of fused-ring (bicyclic) bond motifs is 2. The lowest BCUT2D eigenvalue weighted by atomic mass is 10.0. The number of nitrogens with zero attached hydrogens (tertiary/aromatic N) is 1. The summed E-state index contributed by atoms with van der Waals surface area (Å²) in [5.74, 6) is 0.811. The standard InChI is InChI=1S/C16H23FN2/c1-2-18-16(14-5-3-4-6-15(14)17)11-19-10-12-7-8-13(19)9-12/h3-6,12-13,16,18H,2,7-11H2,1H3. The third-order valence-electron chi connectivity index (χ3n) is 4.67. The lowest BCUT2D eigenvalue weighted by molar-refractivity contribution is 0.191. The van der Waals surface area contributed by atoms with Crippen LogP contribution in [0, 0.1) is 11.7 Å². The number of benzene rings is 1. The largest absolute Gasteiger partial charge is 0.309 e. The van der Waals surface area contributed by atoms with Crippen molar-refractivity contribution in [2.75, 3.05) is 19.6 Å². The lowest BCUT2D eigenvalue weighted by Gasteiger charge is -2.31. The van der Waals surface area contributed by atoms with E-state index in [1.807, 2.05) is 12.1 Å². The van der Waals surface area contributed by atoms with Gasteiger partial charge < -0.3 is 5.32 Å². The smallest absolute Gasteiger partial charge is 0.128 e. The van der Waals surface area contributed by atoms with Crippen molar-refractivity contribution in [1.29, 1.82) is 0 Å². The Kier molecular flexibility index (Phi) is 3.85. The minimum atomic E-state index is -0.0854. The van der Waals surface area contributed by atoms with Gasteiger partial charge >= 0.3 is 0 Å². The molecule has 2 aliphatic rings. The van der Waals surface area contributed by atoms with Crippen molar-refractivity contribution < 1.29 is 4.39 Å². The second-order valence-electron chi connectivity index (χ2n) is 5.92. The van der Waals surface area contributed by atoms with Crippen molar-refractivity contribution in [1.82, 2.24) is 10.2 Å². The Morgan fingerprint density at radius 3 is 2.84 bits per heavy atom. The number of halogens is 1. The first-order chi connectivity index (χ1) is 9.28. The maximum absolute atomic E-state index is 14.0. The second kappa shape index (κ2) is 5.59. The minimum Gasteiger partial charge on any atom is -0.309 e. The van der Waals surface area contributed by atoms with Gasteiger partial charge in [0.15, 0.2) is 0 Å². The zero-order chi connectivity index (χ0) is 13.2. The molecule has 0 amide bonds. The van der Waals surface area contributed by atoms with Gasteiger partial charge in [-0.25, -0.2) is 4.39 Å². The van der Waals surface area contributed by atoms with Crippen LogP contribution in [-0.4, -0.2) is 30.6 Å². The zero-order valence-electron chi connectivity index (χ0n) is 11.6. The summed E-state index contributed by atoms with van der Waals surface area (Å²) in [6, 6.07) is 8.04. The highest BCUT2D eigenvalue weighted by molar-refractivity contribution is 5.21. The molecule has 3 rings (SSSR count). The van der Waals surface area contributed by atoms with Gasteiger partial charge in [0.1, 0.15) is 5.82 Å². The van der Waals surface area contributed by atoms with E-state index in [-0.39, 0.29) is 11.9 Å². The SMILES string of the molecule is CCNC(CN1CC2CCC1C2)c1ccccc1F. The van der Waals surface area contributed by atoms with Gasteiger partial charge in [-0.15, -0.1) is 0 Å². The van der Waals surface area contributed by atoms with Crippen LogP contribution in [0.1, 0.15) is 37.8 Å². The monoisotopic (exact) mass is 262 g/mol. The van der Waals surface area contributed by atoms with Crippen LogP contribution in [0.5, 0.6) is 0 Å². The summed E-state index contributed by atoms with van der Waals surface area (Å²) < 4.78 is 14.0. The van der Waals surface area contributed by atoms with Crippen LogP contribution in [0.4, 0.5) is 4.39 Å². The predicted octanol–water partition coefficient (Wildman–Crippen LogP) is 2.96. The molecule has 19 heavy (non-hydrogen) atoms. The lowest BCUT2D eigenvalue weighted by Crippen LogP contribution is -2.39. The van der Waals surface area contributed by atoms with E-state index in [4.69, 9.17) is 0 Å². The fraction of sp³-hybridized carbons (Fsp3) is 0.625. The molecule has 1 aromatic rings. The van der Waals surface area contributed by atoms with E-state index in [9.17, 15) is 4.39 Å². The van der Waals surface area contributed by atoms with Crippen molar-refractivity contribution in [2.24, 2.45) is 5.92 Å². The third-order valence-corrected chi connectivity index (χ3v) is 4.67. The molecule has 1 aromatic carbocycles. The van der Waals surface area contributed by atoms with Crippen molar-refractivity contribution in [2.45, 2.75) is 38.3 Å². The highest BCUT2D eigenvalue weighted by Crippen LogP contribution is 2.38. The maximum atomic E-state index is 14.0. The van der Waals surface area contributed by atoms with Crippen LogP contribution in [0.2, 0.25) is 0 Å². The average molecular weight is 262 g/mol. The Hall–Kier alpha value is -0.930. The highest BCUT2D eigenvalue weighted by atomic mass is 19.1. The topological polar surface area (TPSA) is 15.3 Å². The Labute approximate surface area is 115 Å². The number of hydrogen-bond acceptors (Lipinski definition) is 2. The predicted molar refractivity (Wildman–Crippen MR) is 75.5 cm³/mol. The van der Waals surface area contributed by atoms with Gasteiger partial charge in [0.25, 0.3) is 0 Å². The van der Waals surface area contributed by atoms with Crippen LogP contribution >= 0.6 is 0 Å². The quantitative estimate of drug-likeness (QED) is 0.877. The summed E-state index contributed by atoms with van der Waals surface area (Å²) in [6.45, 7) is 5.11. The average Bonchev–Trinajstić information content (AvgIpc) is 3.01. The van der Waals surface area contributed by atoms with Crippen molar-refractivity contribution >= 4 is 0 Å². The fourth-order valence-corrected chi connectivity index (χ4v) is 3.76. The molecule has 1 heterocycles. The van der Waals surface area contributed by atoms with E-state index < -0.39 is 0 Å². The summed E-state index contributed by atoms with van der Waals surface area (Å²) >= 11 is 0. The van der Waals surface area contributed by atoms with E-state index in [1.165, 1.54) is 25.8 Å². The number of rotatable bonds is 5. The second-order valence-corrected chi connectivity index (χ2v) is 5.92. The van der Waals surface area contributed by atoms with Gasteiger partial charge in [0.2, 0.25) is 0 Å². The van der Waals surface area contributed by atoms with Gasteiger partial charge in [0, 0.05) is 30.7 Å². The van der Waals surface area contributed by atoms with Gasteiger partial charge in [-0.1, -0.05) is 25.1 Å². The number of nitrogens with one attached hydrogen (secondary N) is 1. The van der Waals surface area contributed by atoms with Gasteiger partial charge in [-0.05, 0) is 37.8 Å². The molecule has 1 aliphatic heterocycles. The molecule has 1 aliphatic carbocycles. The normalized spacial score (nSPS) is 27.9. The Balaban J connectivity index is 1.73. The molecule has 1 saturated heterocycles. The summed E-state index contributed by atoms with van der Waals surface area (Å²) in [5.41, 5.74) is 0.812. The van der Waals surface area contributed by atoms with Gasteiger partial charge in [0.05, 0.1) is 0 Å². The van der Waals surface area contributed by atoms with Gasteiger partial charge in [-0.3, -0.25) is 4.90 Å². The first-order valence-corrected chi connectivity index (χ1v) is 7.49. The van der Waals surface area contributed by atoms with Crippen LogP contribution < -0.4 is 5.32 Å². The molecule has 3 heteroatoms. The summed E-state index contributed by atoms with van der Waals surface area (Å²) in [7, 11) is 0. The number of piperidine rings is 1. The molecule has 0 radical (unpaired) electrons. The van der Waals surface area contributed by atoms with E-state index in [1.54, 1.807) is 12.1 Å². The molecule has 2 fully saturated rings. The zero-order valence-corrected chi connectivity index (χ0v) is 11.6. The summed E-state index contributed by atoms with van der Waals surface area (Å²) in [4.78, 5) is 2.56. The molecule has 2 nitrogen and oxygen atoms in total. The maximum Gasteiger partial charge on any atom is 0.128 e. The summed E-state index contributed by atoms with van der Waals surface area (Å²) in [6.07, 6.45) is 4.09. The van der Waals surface area contributed by atoms with Crippen molar-refractivity contribution in [3.63, 3.8) is 0 Å². The minimum absolute atomic E-state index is 0.0854. The van der Waals surface area contributed by atoms with Crippen LogP contribution in [0.15, 0.2) is 24.3 Å². The van der Waals surface area contributed by atoms with E-state index in [0.29, 0.717) is 0 Å². The van der Waals surface area contributed by atoms with E-state index >= 15 is 0 Å². The first kappa shape index (κ1) is 13.1. The molecule has 104 valence electrons. The molecule has 0 aromatic heterocycles. The molecule has 2 bridgehead atoms. The molecule has 0 spiro atoms. The number of likely N-dealkylation sites (N-methyl/N-ethyl adjacent to an activating group) is 1. The summed E-state index contributed by atoms with van der Waals surface area (Å²) in [5, 5.41) is 3.44. The molecule has 3 atom stereocenters. The Bertz CT molecular complexity index is 435. The first-order valence-electron chi connectivity index (χ1n) is 7.49. The van der Waals surface area contributed by atoms with Crippen molar-refractivity contribution in [3.05, 3.63) is 35.6 Å². The molecule has 1 N–H and O–H groups in total. The third kappa shape index (κ3) is 2.67. The Morgan fingerprint density at radius 2 is 2.21 bits per heavy atom. The van der Waals surface area contributed by atoms with Crippen LogP contribution in [0.25, 0.3) is 0 Å². The van der Waals surface area contributed by atoms with Crippen LogP contribution in [0.3, 0.4) is 0 Å². The highest BCUT2D eigenvalue weighted by Gasteiger charge is 2.38. The molecule has 1 saturated carbocycles. The molecular formula is C16H23FN2. The fourth-order valence-electron chi connectivity index (χ4n) is 3.76. The van der Waals surface area contributed by atoms with Crippen molar-refractivity contribution in [3.8, 4) is 0 Å². The number of hydrogen-bond donors (Lipinski definition) is 1. The van der Waals surface area contributed by atoms with Crippen LogP contribution in [-0.2, 0) is 0 Å². The van der Waals surface area contributed by atoms with Gasteiger partial charge in [-0.2, -0.15) is 0 Å².